The zero-order chi connectivity index (χ0) is 38.3. The molecule has 0 radical (unpaired) electrons. The Labute approximate surface area is 321 Å². The van der Waals surface area contributed by atoms with Crippen LogP contribution >= 0.6 is 0 Å². The van der Waals surface area contributed by atoms with Gasteiger partial charge in [0.05, 0.1) is 6.04 Å². The monoisotopic (exact) mass is 734 g/mol. The lowest BCUT2D eigenvalue weighted by atomic mass is 10.0. The zero-order valence-corrected chi connectivity index (χ0v) is 34.4. The number of nitrogens with one attached hydrogen (secondary N) is 1. The van der Waals surface area contributed by atoms with Gasteiger partial charge in [0.15, 0.2) is 5.96 Å². The van der Waals surface area contributed by atoms with E-state index in [0.29, 0.717) is 19.4 Å². The minimum Gasteiger partial charge on any atom is -0.370 e. The Morgan fingerprint density at radius 1 is 0.558 bits per heavy atom. The van der Waals surface area contributed by atoms with Crippen LogP contribution in [0.15, 0.2) is 17.1 Å². The molecular weight excluding hydrogens is 647 g/mol. The van der Waals surface area contributed by atoms with Gasteiger partial charge in [-0.15, -0.1) is 0 Å². The minimum atomic E-state index is -0.779. The molecule has 52 heavy (non-hydrogen) atoms. The van der Waals surface area contributed by atoms with Gasteiger partial charge in [-0.2, -0.15) is 0 Å². The standard InChI is InChI=1S/C43H87N7O2/c1-3-5-7-9-11-13-15-17-19-20-22-24-26-28-30-32-37-50(36-31-29-27-25-23-21-18-16-14-12-10-8-6-4-2)42(52)40(45)38-49-41(51)39(44)34-33-35-48-43(46)47/h17,19,39-40H,3-16,18,20-38,44-45H2,1-2H3,(H,49,51)(H4,46,47,48)/b19-17-. The van der Waals surface area contributed by atoms with Gasteiger partial charge in [-0.05, 0) is 51.4 Å². The maximum atomic E-state index is 13.4. The first-order chi connectivity index (χ1) is 25.3. The molecule has 306 valence electrons. The van der Waals surface area contributed by atoms with Crippen LogP contribution < -0.4 is 28.3 Å². The van der Waals surface area contributed by atoms with Crippen molar-refractivity contribution in [2.24, 2.45) is 27.9 Å². The highest BCUT2D eigenvalue weighted by molar-refractivity contribution is 5.85. The molecule has 0 aliphatic heterocycles. The average molecular weight is 734 g/mol. The number of hydrogen-bond donors (Lipinski definition) is 5. The van der Waals surface area contributed by atoms with Crippen LogP contribution in [0.1, 0.15) is 206 Å². The second kappa shape index (κ2) is 38.6. The van der Waals surface area contributed by atoms with E-state index in [9.17, 15) is 9.59 Å². The average Bonchev–Trinajstić information content (AvgIpc) is 3.13. The lowest BCUT2D eigenvalue weighted by Gasteiger charge is -2.26. The van der Waals surface area contributed by atoms with Crippen LogP contribution in [0.25, 0.3) is 0 Å². The Morgan fingerprint density at radius 2 is 0.942 bits per heavy atom. The fourth-order valence-electron chi connectivity index (χ4n) is 6.69. The molecule has 0 aromatic heterocycles. The Kier molecular flexibility index (Phi) is 37.0. The van der Waals surface area contributed by atoms with Crippen molar-refractivity contribution in [1.29, 1.82) is 0 Å². The van der Waals surface area contributed by atoms with Crippen molar-refractivity contribution < 1.29 is 9.59 Å². The van der Waals surface area contributed by atoms with Crippen molar-refractivity contribution in [3.05, 3.63) is 12.2 Å². The van der Waals surface area contributed by atoms with Crippen LogP contribution in [0.4, 0.5) is 0 Å². The molecular formula is C43H87N7O2. The van der Waals surface area contributed by atoms with Gasteiger partial charge < -0.3 is 33.2 Å². The predicted molar refractivity (Wildman–Crippen MR) is 225 cm³/mol. The minimum absolute atomic E-state index is 0.0263. The molecule has 0 spiro atoms. The number of aliphatic imine (C=N–C) groups is 1. The molecule has 2 atom stereocenters. The summed E-state index contributed by atoms with van der Waals surface area (Å²) in [7, 11) is 0. The number of nitrogens with two attached hydrogens (primary N) is 4. The van der Waals surface area contributed by atoms with E-state index < -0.39 is 12.1 Å². The van der Waals surface area contributed by atoms with Crippen molar-refractivity contribution in [3.8, 4) is 0 Å². The summed E-state index contributed by atoms with van der Waals surface area (Å²) in [4.78, 5) is 31.8. The molecule has 0 fully saturated rings. The zero-order valence-electron chi connectivity index (χ0n) is 34.4. The van der Waals surface area contributed by atoms with E-state index in [1.54, 1.807) is 0 Å². The van der Waals surface area contributed by atoms with Gasteiger partial charge in [-0.3, -0.25) is 14.6 Å². The summed E-state index contributed by atoms with van der Waals surface area (Å²) in [5.41, 5.74) is 23.1. The van der Waals surface area contributed by atoms with E-state index in [1.807, 2.05) is 4.90 Å². The summed E-state index contributed by atoms with van der Waals surface area (Å²) >= 11 is 0. The number of unbranched alkanes of at least 4 members (excludes halogenated alkanes) is 25. The summed E-state index contributed by atoms with van der Waals surface area (Å²) in [6.45, 7) is 6.51. The molecule has 0 heterocycles. The molecule has 0 aromatic carbocycles. The SMILES string of the molecule is CCCCCCCC/C=C\CCCCCCCCN(CCCCCCCCCCCCCCCC)C(=O)C(N)CNC(=O)C(N)CCCN=C(N)N. The highest BCUT2D eigenvalue weighted by Crippen LogP contribution is 2.14. The van der Waals surface area contributed by atoms with Gasteiger partial charge in [-0.1, -0.05) is 167 Å². The predicted octanol–water partition coefficient (Wildman–Crippen LogP) is 9.16. The largest absolute Gasteiger partial charge is 0.370 e. The fraction of sp³-hybridized carbons (Fsp3) is 0.884. The molecule has 0 saturated heterocycles. The lowest BCUT2D eigenvalue weighted by molar-refractivity contribution is -0.133. The molecule has 0 rings (SSSR count). The summed E-state index contributed by atoms with van der Waals surface area (Å²) in [5.74, 6) is -0.359. The number of hydrogen-bond acceptors (Lipinski definition) is 5. The Morgan fingerprint density at radius 3 is 1.35 bits per heavy atom. The normalized spacial score (nSPS) is 12.6. The molecule has 0 saturated carbocycles. The maximum Gasteiger partial charge on any atom is 0.241 e. The van der Waals surface area contributed by atoms with Crippen molar-refractivity contribution in [2.45, 2.75) is 219 Å². The highest BCUT2D eigenvalue weighted by Gasteiger charge is 2.22. The van der Waals surface area contributed by atoms with Crippen molar-refractivity contribution in [3.63, 3.8) is 0 Å². The quantitative estimate of drug-likeness (QED) is 0.0183. The van der Waals surface area contributed by atoms with Gasteiger partial charge in [0.1, 0.15) is 6.04 Å². The molecule has 9 heteroatoms. The number of amides is 2. The number of guanidine groups is 1. The third-order valence-electron chi connectivity index (χ3n) is 10.2. The van der Waals surface area contributed by atoms with E-state index in [1.165, 1.54) is 154 Å². The van der Waals surface area contributed by atoms with Crippen LogP contribution in [0.3, 0.4) is 0 Å². The van der Waals surface area contributed by atoms with E-state index in [0.717, 1.165) is 38.8 Å². The van der Waals surface area contributed by atoms with Crippen LogP contribution in [-0.4, -0.2) is 60.9 Å². The van der Waals surface area contributed by atoms with Crippen molar-refractivity contribution >= 4 is 17.8 Å². The smallest absolute Gasteiger partial charge is 0.241 e. The number of nitrogens with zero attached hydrogens (tertiary/aromatic N) is 2. The van der Waals surface area contributed by atoms with E-state index in [4.69, 9.17) is 22.9 Å². The Hall–Kier alpha value is -2.13. The number of carbonyl (C=O) groups excluding carboxylic acids is 2. The maximum absolute atomic E-state index is 13.4. The fourth-order valence-corrected chi connectivity index (χ4v) is 6.69. The molecule has 9 nitrogen and oxygen atoms in total. The van der Waals surface area contributed by atoms with Crippen molar-refractivity contribution in [2.75, 3.05) is 26.2 Å². The first-order valence-electron chi connectivity index (χ1n) is 22.1. The second-order valence-corrected chi connectivity index (χ2v) is 15.3. The van der Waals surface area contributed by atoms with Gasteiger partial charge in [0.25, 0.3) is 0 Å². The van der Waals surface area contributed by atoms with E-state index >= 15 is 0 Å². The topological polar surface area (TPSA) is 166 Å². The third-order valence-corrected chi connectivity index (χ3v) is 10.2. The van der Waals surface area contributed by atoms with Crippen LogP contribution in [-0.2, 0) is 9.59 Å². The molecule has 0 aliphatic rings. The number of allylic oxidation sites excluding steroid dienone is 2. The molecule has 2 amide bonds. The van der Waals surface area contributed by atoms with Crippen LogP contribution in [0.5, 0.6) is 0 Å². The summed E-state index contributed by atoms with van der Waals surface area (Å²) in [6, 6.07) is -1.47. The first-order valence-corrected chi connectivity index (χ1v) is 22.1. The number of rotatable bonds is 39. The Balaban J connectivity index is 4.44. The third kappa shape index (κ3) is 33.7. The molecule has 0 aliphatic carbocycles. The second-order valence-electron chi connectivity index (χ2n) is 15.3. The lowest BCUT2D eigenvalue weighted by Crippen LogP contribution is -2.52. The first kappa shape index (κ1) is 49.9. The van der Waals surface area contributed by atoms with Crippen LogP contribution in [0.2, 0.25) is 0 Å². The van der Waals surface area contributed by atoms with Gasteiger partial charge in [0, 0.05) is 26.2 Å². The van der Waals surface area contributed by atoms with Crippen LogP contribution in [0, 0.1) is 0 Å². The summed E-state index contributed by atoms with van der Waals surface area (Å²) in [5, 5.41) is 2.78. The van der Waals surface area contributed by atoms with Gasteiger partial charge in [-0.25, -0.2) is 0 Å². The van der Waals surface area contributed by atoms with Crippen molar-refractivity contribution in [1.82, 2.24) is 10.2 Å². The molecule has 9 N–H and O–H groups in total. The molecule has 0 aromatic rings. The summed E-state index contributed by atoms with van der Waals surface area (Å²) in [6.07, 6.45) is 41.8. The van der Waals surface area contributed by atoms with E-state index in [-0.39, 0.29) is 24.3 Å². The number of carbonyl (C=O) groups is 2. The Bertz CT molecular complexity index is 862. The van der Waals surface area contributed by atoms with Gasteiger partial charge in [0.2, 0.25) is 11.8 Å². The highest BCUT2D eigenvalue weighted by atomic mass is 16.2. The van der Waals surface area contributed by atoms with E-state index in [2.05, 4.69) is 36.3 Å². The van der Waals surface area contributed by atoms with Gasteiger partial charge >= 0.3 is 0 Å². The molecule has 0 bridgehead atoms. The summed E-state index contributed by atoms with van der Waals surface area (Å²) < 4.78 is 0. The molecule has 2 unspecified atom stereocenters.